The van der Waals surface area contributed by atoms with Gasteiger partial charge in [-0.25, -0.2) is 14.9 Å². The summed E-state index contributed by atoms with van der Waals surface area (Å²) in [7, 11) is 0. The highest BCUT2D eigenvalue weighted by molar-refractivity contribution is 9.10. The van der Waals surface area contributed by atoms with E-state index in [1.54, 1.807) is 30.6 Å². The minimum atomic E-state index is -0.615. The maximum Gasteiger partial charge on any atom is 0.277 e. The Hall–Kier alpha value is -2.24. The fourth-order valence-electron chi connectivity index (χ4n) is 4.51. The summed E-state index contributed by atoms with van der Waals surface area (Å²) in [6.07, 6.45) is 6.92. The number of nitrogens with one attached hydrogen (secondary N) is 4. The van der Waals surface area contributed by atoms with Crippen molar-refractivity contribution in [1.82, 2.24) is 25.7 Å². The molecule has 0 atom stereocenters. The zero-order valence-electron chi connectivity index (χ0n) is 20.5. The zero-order chi connectivity index (χ0) is 25.8. The normalized spacial score (nSPS) is 16.3. The summed E-state index contributed by atoms with van der Waals surface area (Å²) in [5.74, 6) is -0.675. The zero-order valence-corrected chi connectivity index (χ0v) is 22.8. The molecule has 0 spiro atoms. The lowest BCUT2D eigenvalue weighted by Gasteiger charge is -2.23. The van der Waals surface area contributed by atoms with Gasteiger partial charge in [-0.3, -0.25) is 9.63 Å². The maximum absolute atomic E-state index is 15.9. The molecule has 3 aromatic rings. The lowest BCUT2D eigenvalue weighted by Crippen LogP contribution is -2.40. The molecule has 8 nitrogen and oxygen atoms in total. The van der Waals surface area contributed by atoms with Gasteiger partial charge < -0.3 is 20.5 Å². The standard InChI is InChI=1S/C26H31BrClFN6O2/c27-17-4-5-21(20(28)12-17)33-24-19(26(36)34-37-14-16-2-3-16)13-22-25(23(24)29)32-15-35(22)11-1-8-31-18-6-9-30-10-7-18/h4-5,12-13,15-16,18,30-31,33H,1-3,6-11,14H2,(H,34,36). The Morgan fingerprint density at radius 2 is 2.05 bits per heavy atom. The number of carbonyl (C=O) groups excluding carboxylic acids is 1. The molecule has 4 N–H and O–H groups in total. The molecule has 1 saturated carbocycles. The lowest BCUT2D eigenvalue weighted by atomic mass is 10.1. The number of hydrogen-bond donors (Lipinski definition) is 4. The summed E-state index contributed by atoms with van der Waals surface area (Å²) in [5.41, 5.74) is 3.82. The van der Waals surface area contributed by atoms with E-state index in [0.29, 0.717) is 41.3 Å². The summed E-state index contributed by atoms with van der Waals surface area (Å²) in [6, 6.07) is 7.40. The van der Waals surface area contributed by atoms with Crippen LogP contribution in [-0.4, -0.2) is 47.7 Å². The monoisotopic (exact) mass is 592 g/mol. The summed E-state index contributed by atoms with van der Waals surface area (Å²) in [5, 5.41) is 10.4. The van der Waals surface area contributed by atoms with Gasteiger partial charge in [-0.1, -0.05) is 27.5 Å². The number of halogens is 3. The molecule has 198 valence electrons. The molecule has 1 aromatic heterocycles. The van der Waals surface area contributed by atoms with Crippen molar-refractivity contribution in [2.24, 2.45) is 5.92 Å². The second-order valence-electron chi connectivity index (χ2n) is 9.69. The number of amides is 1. The average molecular weight is 594 g/mol. The first-order valence-electron chi connectivity index (χ1n) is 12.7. The number of aromatic nitrogens is 2. The van der Waals surface area contributed by atoms with E-state index < -0.39 is 11.7 Å². The quantitative estimate of drug-likeness (QED) is 0.182. The Bertz CT molecular complexity index is 1260. The first-order valence-corrected chi connectivity index (χ1v) is 13.9. The van der Waals surface area contributed by atoms with Gasteiger partial charge in [0.2, 0.25) is 0 Å². The number of aryl methyl sites for hydroxylation is 1. The van der Waals surface area contributed by atoms with Crippen LogP contribution in [0.25, 0.3) is 11.0 Å². The number of imidazole rings is 1. The van der Waals surface area contributed by atoms with Crippen LogP contribution < -0.4 is 21.4 Å². The van der Waals surface area contributed by atoms with Gasteiger partial charge in [-0.2, -0.15) is 0 Å². The van der Waals surface area contributed by atoms with Crippen molar-refractivity contribution in [3.63, 3.8) is 0 Å². The molecule has 2 aliphatic rings. The fourth-order valence-corrected chi connectivity index (χ4v) is 5.23. The van der Waals surface area contributed by atoms with E-state index in [0.717, 1.165) is 56.2 Å². The van der Waals surface area contributed by atoms with Gasteiger partial charge >= 0.3 is 0 Å². The van der Waals surface area contributed by atoms with Crippen molar-refractivity contribution in [3.05, 3.63) is 51.5 Å². The molecule has 1 aliphatic carbocycles. The van der Waals surface area contributed by atoms with Crippen LogP contribution >= 0.6 is 27.5 Å². The number of hydroxylamine groups is 1. The molecule has 0 unspecified atom stereocenters. The molecule has 1 saturated heterocycles. The van der Waals surface area contributed by atoms with Crippen molar-refractivity contribution in [2.45, 2.75) is 44.7 Å². The number of hydrogen-bond acceptors (Lipinski definition) is 6. The first-order chi connectivity index (χ1) is 18.0. The highest BCUT2D eigenvalue weighted by Crippen LogP contribution is 2.34. The van der Waals surface area contributed by atoms with E-state index in [1.807, 2.05) is 4.57 Å². The molecule has 5 rings (SSSR count). The van der Waals surface area contributed by atoms with E-state index in [1.165, 1.54) is 0 Å². The number of piperidine rings is 1. The predicted octanol–water partition coefficient (Wildman–Crippen LogP) is 5.14. The number of rotatable bonds is 11. The molecule has 11 heteroatoms. The summed E-state index contributed by atoms with van der Waals surface area (Å²) in [6.45, 7) is 4.04. The van der Waals surface area contributed by atoms with Crippen molar-refractivity contribution in [3.8, 4) is 0 Å². The largest absolute Gasteiger partial charge is 0.351 e. The molecule has 1 aliphatic heterocycles. The van der Waals surface area contributed by atoms with Crippen molar-refractivity contribution in [1.29, 1.82) is 0 Å². The topological polar surface area (TPSA) is 92.2 Å². The van der Waals surface area contributed by atoms with Crippen LogP contribution in [0.1, 0.15) is 42.5 Å². The molecule has 0 radical (unpaired) electrons. The second-order valence-corrected chi connectivity index (χ2v) is 11.0. The number of carbonyl (C=O) groups is 1. The molecule has 2 fully saturated rings. The van der Waals surface area contributed by atoms with Gasteiger partial charge in [0.05, 0.1) is 40.4 Å². The predicted molar refractivity (Wildman–Crippen MR) is 147 cm³/mol. The van der Waals surface area contributed by atoms with Crippen molar-refractivity contribution in [2.75, 3.05) is 31.6 Å². The Balaban J connectivity index is 1.37. The van der Waals surface area contributed by atoms with E-state index in [9.17, 15) is 4.79 Å². The second kappa shape index (κ2) is 12.1. The van der Waals surface area contributed by atoms with E-state index in [2.05, 4.69) is 42.3 Å². The smallest absolute Gasteiger partial charge is 0.277 e. The van der Waals surface area contributed by atoms with Crippen LogP contribution in [0.4, 0.5) is 15.8 Å². The minimum absolute atomic E-state index is 0.00192. The molecule has 2 heterocycles. The van der Waals surface area contributed by atoms with Crippen LogP contribution in [-0.2, 0) is 11.4 Å². The third kappa shape index (κ3) is 6.61. The average Bonchev–Trinajstić information content (AvgIpc) is 3.63. The van der Waals surface area contributed by atoms with Gasteiger partial charge in [0.15, 0.2) is 5.82 Å². The Morgan fingerprint density at radius 1 is 1.24 bits per heavy atom. The van der Waals surface area contributed by atoms with Crippen LogP contribution in [0.5, 0.6) is 0 Å². The fraction of sp³-hybridized carbons (Fsp3) is 0.462. The van der Waals surface area contributed by atoms with E-state index >= 15 is 4.39 Å². The summed E-state index contributed by atoms with van der Waals surface area (Å²) < 4.78 is 18.5. The van der Waals surface area contributed by atoms with Gasteiger partial charge in [-0.15, -0.1) is 0 Å². The molecule has 1 amide bonds. The summed E-state index contributed by atoms with van der Waals surface area (Å²) >= 11 is 9.74. The number of nitrogens with zero attached hydrogens (tertiary/aromatic N) is 2. The first kappa shape index (κ1) is 26.4. The highest BCUT2D eigenvalue weighted by atomic mass is 79.9. The molecule has 37 heavy (non-hydrogen) atoms. The van der Waals surface area contributed by atoms with Crippen LogP contribution in [0, 0.1) is 11.7 Å². The highest BCUT2D eigenvalue weighted by Gasteiger charge is 2.25. The van der Waals surface area contributed by atoms with Crippen LogP contribution in [0.3, 0.4) is 0 Å². The molecule has 0 bridgehead atoms. The number of fused-ring (bicyclic) bond motifs is 1. The van der Waals surface area contributed by atoms with Crippen LogP contribution in [0.15, 0.2) is 35.1 Å². The lowest BCUT2D eigenvalue weighted by molar-refractivity contribution is 0.0271. The van der Waals surface area contributed by atoms with Gasteiger partial charge in [-0.05, 0) is 81.9 Å². The SMILES string of the molecule is O=C(NOCC1CC1)c1cc2c(ncn2CCCNC2CCNCC2)c(F)c1Nc1ccc(Br)cc1Cl. The third-order valence-electron chi connectivity index (χ3n) is 6.82. The van der Waals surface area contributed by atoms with Gasteiger partial charge in [0, 0.05) is 17.1 Å². The Kier molecular flexibility index (Phi) is 8.61. The van der Waals surface area contributed by atoms with E-state index in [4.69, 9.17) is 16.4 Å². The molecular formula is C26H31BrClFN6O2. The molecular weight excluding hydrogens is 563 g/mol. The number of benzene rings is 2. The van der Waals surface area contributed by atoms with E-state index in [-0.39, 0.29) is 16.8 Å². The maximum atomic E-state index is 15.9. The van der Waals surface area contributed by atoms with Gasteiger partial charge in [0.25, 0.3) is 5.91 Å². The van der Waals surface area contributed by atoms with Crippen molar-refractivity contribution >= 4 is 55.8 Å². The summed E-state index contributed by atoms with van der Waals surface area (Å²) in [4.78, 5) is 22.9. The number of anilines is 2. The van der Waals surface area contributed by atoms with Crippen LogP contribution in [0.2, 0.25) is 5.02 Å². The van der Waals surface area contributed by atoms with Crippen molar-refractivity contribution < 1.29 is 14.0 Å². The molecule has 2 aromatic carbocycles. The Morgan fingerprint density at radius 3 is 2.81 bits per heavy atom. The Labute approximate surface area is 228 Å². The third-order valence-corrected chi connectivity index (χ3v) is 7.63. The van der Waals surface area contributed by atoms with Gasteiger partial charge in [0.1, 0.15) is 5.52 Å². The minimum Gasteiger partial charge on any atom is -0.351 e.